The molecule has 4 aromatic carbocycles. The maximum absolute atomic E-state index is 11.9. The van der Waals surface area contributed by atoms with Crippen LogP contribution in [0.1, 0.15) is 16.7 Å². The topological polar surface area (TPSA) is 49.4 Å². The van der Waals surface area contributed by atoms with Crippen molar-refractivity contribution in [2.45, 2.75) is 29.8 Å². The average Bonchev–Trinajstić information content (AvgIpc) is 2.82. The third-order valence-corrected chi connectivity index (χ3v) is 7.04. The lowest BCUT2D eigenvalue weighted by Crippen LogP contribution is -2.23. The second-order valence-electron chi connectivity index (χ2n) is 8.22. The molecule has 0 saturated heterocycles. The molecule has 0 atom stereocenters. The minimum Gasteiger partial charge on any atom is -0.363 e. The highest BCUT2D eigenvalue weighted by Gasteiger charge is 2.15. The zero-order chi connectivity index (χ0) is 24.0. The van der Waals surface area contributed by atoms with E-state index < -0.39 is 10.0 Å². The predicted octanol–water partition coefficient (Wildman–Crippen LogP) is 6.72. The van der Waals surface area contributed by atoms with Crippen LogP contribution in [-0.4, -0.2) is 14.7 Å². The molecule has 174 valence electrons. The van der Waals surface area contributed by atoms with Gasteiger partial charge >= 0.3 is 0 Å². The summed E-state index contributed by atoms with van der Waals surface area (Å²) in [6, 6.07) is 35.0. The van der Waals surface area contributed by atoms with Crippen molar-refractivity contribution in [3.05, 3.63) is 120 Å². The van der Waals surface area contributed by atoms with Crippen LogP contribution in [-0.2, 0) is 23.1 Å². The van der Waals surface area contributed by atoms with Crippen molar-refractivity contribution in [1.29, 1.82) is 0 Å². The van der Waals surface area contributed by atoms with Crippen LogP contribution >= 0.6 is 11.8 Å². The first-order chi connectivity index (χ1) is 16.4. The molecule has 0 aliphatic heterocycles. The van der Waals surface area contributed by atoms with Gasteiger partial charge in [-0.3, -0.25) is 4.72 Å². The Morgan fingerprint density at radius 3 is 1.88 bits per heavy atom. The van der Waals surface area contributed by atoms with Crippen LogP contribution in [0.5, 0.6) is 0 Å². The summed E-state index contributed by atoms with van der Waals surface area (Å²) in [6.07, 6.45) is 1.18. The average molecular weight is 489 g/mol. The van der Waals surface area contributed by atoms with Gasteiger partial charge in [-0.05, 0) is 60.0 Å². The summed E-state index contributed by atoms with van der Waals surface area (Å²) in [7, 11) is -3.36. The van der Waals surface area contributed by atoms with Crippen LogP contribution in [0.4, 0.5) is 11.4 Å². The second kappa shape index (κ2) is 10.8. The van der Waals surface area contributed by atoms with Gasteiger partial charge in [0.05, 0.1) is 11.9 Å². The van der Waals surface area contributed by atoms with E-state index in [0.29, 0.717) is 18.8 Å². The molecule has 1 N–H and O–H groups in total. The van der Waals surface area contributed by atoms with Crippen LogP contribution in [0.25, 0.3) is 0 Å². The lowest BCUT2D eigenvalue weighted by Gasteiger charge is -2.28. The highest BCUT2D eigenvalue weighted by atomic mass is 32.2. The van der Waals surface area contributed by atoms with E-state index in [1.165, 1.54) is 27.2 Å². The van der Waals surface area contributed by atoms with Crippen molar-refractivity contribution in [2.75, 3.05) is 15.9 Å². The SMILES string of the molecule is Cc1c(NS(C)(=O)=O)cccc1N(Cc1ccccc1)Cc1ccc(Sc2ccccc2)cc1. The molecule has 0 heterocycles. The van der Waals surface area contributed by atoms with Gasteiger partial charge in [0.1, 0.15) is 0 Å². The smallest absolute Gasteiger partial charge is 0.229 e. The summed E-state index contributed by atoms with van der Waals surface area (Å²) in [4.78, 5) is 4.70. The standard InChI is InChI=1S/C28H28N2O2S2/c1-22-27(29-34(2,31)32)14-9-15-28(22)30(20-23-10-5-3-6-11-23)21-24-16-18-26(19-17-24)33-25-12-7-4-8-13-25/h3-19,29H,20-21H2,1-2H3. The fourth-order valence-electron chi connectivity index (χ4n) is 3.81. The molecule has 6 heteroatoms. The highest BCUT2D eigenvalue weighted by Crippen LogP contribution is 2.31. The van der Waals surface area contributed by atoms with Gasteiger partial charge in [0.25, 0.3) is 0 Å². The number of nitrogens with zero attached hydrogens (tertiary/aromatic N) is 1. The molecule has 4 rings (SSSR count). The molecular weight excluding hydrogens is 460 g/mol. The summed E-state index contributed by atoms with van der Waals surface area (Å²) < 4.78 is 26.4. The van der Waals surface area contributed by atoms with Crippen LogP contribution < -0.4 is 9.62 Å². The number of anilines is 2. The number of hydrogen-bond donors (Lipinski definition) is 1. The normalized spacial score (nSPS) is 11.2. The van der Waals surface area contributed by atoms with E-state index in [-0.39, 0.29) is 0 Å². The molecule has 0 amide bonds. The monoisotopic (exact) mass is 488 g/mol. The Bertz CT molecular complexity index is 1320. The number of hydrogen-bond acceptors (Lipinski definition) is 4. The zero-order valence-electron chi connectivity index (χ0n) is 19.3. The third-order valence-electron chi connectivity index (χ3n) is 5.43. The molecule has 0 bridgehead atoms. The van der Waals surface area contributed by atoms with Crippen LogP contribution in [0.3, 0.4) is 0 Å². The summed E-state index contributed by atoms with van der Waals surface area (Å²) in [5, 5.41) is 0. The van der Waals surface area contributed by atoms with E-state index in [0.717, 1.165) is 11.3 Å². The first-order valence-corrected chi connectivity index (χ1v) is 13.8. The number of nitrogens with one attached hydrogen (secondary N) is 1. The molecule has 0 saturated carbocycles. The molecule has 0 aromatic heterocycles. The van der Waals surface area contributed by atoms with Gasteiger partial charge in [-0.1, -0.05) is 78.5 Å². The van der Waals surface area contributed by atoms with E-state index in [1.54, 1.807) is 17.8 Å². The van der Waals surface area contributed by atoms with Gasteiger partial charge < -0.3 is 4.90 Å². The zero-order valence-corrected chi connectivity index (χ0v) is 20.9. The fourth-order valence-corrected chi connectivity index (χ4v) is 5.27. The molecule has 0 spiro atoms. The number of rotatable bonds is 9. The summed E-state index contributed by atoms with van der Waals surface area (Å²) in [5.74, 6) is 0. The lowest BCUT2D eigenvalue weighted by atomic mass is 10.1. The molecule has 0 fully saturated rings. The maximum Gasteiger partial charge on any atom is 0.229 e. The van der Waals surface area contributed by atoms with E-state index >= 15 is 0 Å². The van der Waals surface area contributed by atoms with Gasteiger partial charge in [0.2, 0.25) is 10.0 Å². The molecule has 34 heavy (non-hydrogen) atoms. The third kappa shape index (κ3) is 6.65. The molecule has 0 radical (unpaired) electrons. The highest BCUT2D eigenvalue weighted by molar-refractivity contribution is 7.99. The van der Waals surface area contributed by atoms with Gasteiger partial charge in [0.15, 0.2) is 0 Å². The van der Waals surface area contributed by atoms with Gasteiger partial charge in [-0.25, -0.2) is 8.42 Å². The van der Waals surface area contributed by atoms with Crippen molar-refractivity contribution in [3.63, 3.8) is 0 Å². The fraction of sp³-hybridized carbons (Fsp3) is 0.143. The summed E-state index contributed by atoms with van der Waals surface area (Å²) in [6.45, 7) is 3.37. The van der Waals surface area contributed by atoms with Crippen LogP contribution in [0.2, 0.25) is 0 Å². The molecule has 0 aliphatic carbocycles. The van der Waals surface area contributed by atoms with Crippen molar-refractivity contribution in [1.82, 2.24) is 0 Å². The number of sulfonamides is 1. The molecule has 4 nitrogen and oxygen atoms in total. The largest absolute Gasteiger partial charge is 0.363 e. The Morgan fingerprint density at radius 2 is 1.26 bits per heavy atom. The molecule has 4 aromatic rings. The van der Waals surface area contributed by atoms with Crippen molar-refractivity contribution in [3.8, 4) is 0 Å². The van der Waals surface area contributed by atoms with Gasteiger partial charge in [-0.2, -0.15) is 0 Å². The Hall–Kier alpha value is -3.22. The second-order valence-corrected chi connectivity index (χ2v) is 11.1. The van der Waals surface area contributed by atoms with Gasteiger partial charge in [0, 0.05) is 28.6 Å². The first-order valence-electron chi connectivity index (χ1n) is 11.1. The quantitative estimate of drug-likeness (QED) is 0.284. The number of benzene rings is 4. The minimum atomic E-state index is -3.36. The van der Waals surface area contributed by atoms with Crippen molar-refractivity contribution in [2.24, 2.45) is 0 Å². The molecular formula is C28H28N2O2S2. The van der Waals surface area contributed by atoms with E-state index in [4.69, 9.17) is 0 Å². The Morgan fingerprint density at radius 1 is 0.706 bits per heavy atom. The molecule has 0 aliphatic rings. The van der Waals surface area contributed by atoms with E-state index in [1.807, 2.05) is 55.5 Å². The van der Waals surface area contributed by atoms with E-state index in [9.17, 15) is 8.42 Å². The summed E-state index contributed by atoms with van der Waals surface area (Å²) in [5.41, 5.74) is 4.89. The predicted molar refractivity (Wildman–Crippen MR) is 143 cm³/mol. The summed E-state index contributed by atoms with van der Waals surface area (Å²) >= 11 is 1.75. The molecule has 0 unspecified atom stereocenters. The Balaban J connectivity index is 1.60. The van der Waals surface area contributed by atoms with Crippen LogP contribution in [0.15, 0.2) is 113 Å². The van der Waals surface area contributed by atoms with Gasteiger partial charge in [-0.15, -0.1) is 0 Å². The van der Waals surface area contributed by atoms with Crippen molar-refractivity contribution < 1.29 is 8.42 Å². The Labute approximate surface area is 206 Å². The lowest BCUT2D eigenvalue weighted by molar-refractivity contribution is 0.606. The maximum atomic E-state index is 11.9. The first kappa shape index (κ1) is 23.9. The van der Waals surface area contributed by atoms with Crippen LogP contribution in [0, 0.1) is 6.92 Å². The minimum absolute atomic E-state index is 0.604. The van der Waals surface area contributed by atoms with Crippen molar-refractivity contribution >= 4 is 33.2 Å². The Kier molecular flexibility index (Phi) is 7.60. The van der Waals surface area contributed by atoms with E-state index in [2.05, 4.69) is 58.2 Å².